The van der Waals surface area contributed by atoms with Crippen molar-refractivity contribution < 1.29 is 18.7 Å². The van der Waals surface area contributed by atoms with Gasteiger partial charge in [-0.05, 0) is 87.3 Å². The molecule has 6 heteroatoms. The zero-order valence-corrected chi connectivity index (χ0v) is 18.8. The fourth-order valence-electron chi connectivity index (χ4n) is 6.49. The predicted octanol–water partition coefficient (Wildman–Crippen LogP) is 4.30. The predicted molar refractivity (Wildman–Crippen MR) is 121 cm³/mol. The van der Waals surface area contributed by atoms with Crippen LogP contribution in [-0.4, -0.2) is 37.3 Å². The number of nitrogens with one attached hydrogen (secondary N) is 1. The molecule has 3 saturated carbocycles. The van der Waals surface area contributed by atoms with Gasteiger partial charge in [0.1, 0.15) is 12.4 Å². The number of rotatable bonds is 7. The summed E-state index contributed by atoms with van der Waals surface area (Å²) < 4.78 is 24.3. The first-order valence-corrected chi connectivity index (χ1v) is 12.2. The van der Waals surface area contributed by atoms with Crippen molar-refractivity contribution in [3.63, 3.8) is 0 Å². The highest BCUT2D eigenvalue weighted by Gasteiger charge is 2.53. The first kappa shape index (κ1) is 21.9. The molecule has 3 N–H and O–H groups in total. The van der Waals surface area contributed by atoms with E-state index in [2.05, 4.69) is 17.4 Å². The van der Waals surface area contributed by atoms with Gasteiger partial charge in [-0.2, -0.15) is 0 Å². The molecule has 3 aliphatic carbocycles. The Labute approximate surface area is 189 Å². The highest BCUT2D eigenvalue weighted by atomic mass is 19.1. The normalized spacial score (nSPS) is 36.2. The fraction of sp³-hybridized carbons (Fsp3) is 0.654. The van der Waals surface area contributed by atoms with Crippen LogP contribution in [0.15, 0.2) is 36.2 Å². The third-order valence-electron chi connectivity index (χ3n) is 8.66. The van der Waals surface area contributed by atoms with Crippen LogP contribution in [0.4, 0.5) is 4.39 Å². The van der Waals surface area contributed by atoms with Gasteiger partial charge >= 0.3 is 0 Å². The number of benzene rings is 1. The van der Waals surface area contributed by atoms with Crippen LogP contribution < -0.4 is 15.8 Å². The van der Waals surface area contributed by atoms with E-state index in [1.807, 2.05) is 12.1 Å². The first-order valence-electron chi connectivity index (χ1n) is 12.2. The van der Waals surface area contributed by atoms with Gasteiger partial charge in [0.2, 0.25) is 5.91 Å². The average Bonchev–Trinajstić information content (AvgIpc) is 3.19. The van der Waals surface area contributed by atoms with Crippen molar-refractivity contribution in [2.24, 2.45) is 11.1 Å². The molecule has 5 aliphatic rings. The van der Waals surface area contributed by atoms with Crippen LogP contribution in [0.3, 0.4) is 0 Å². The quantitative estimate of drug-likeness (QED) is 0.661. The molecule has 174 valence electrons. The van der Waals surface area contributed by atoms with Gasteiger partial charge in [0.05, 0.1) is 18.5 Å². The summed E-state index contributed by atoms with van der Waals surface area (Å²) in [5.74, 6) is 1.01. The molecule has 2 aliphatic heterocycles. The van der Waals surface area contributed by atoms with Crippen LogP contribution in [-0.2, 0) is 14.9 Å². The van der Waals surface area contributed by atoms with Crippen LogP contribution in [0.5, 0.6) is 5.75 Å². The van der Waals surface area contributed by atoms with Gasteiger partial charge in [0.25, 0.3) is 0 Å². The zero-order valence-electron chi connectivity index (χ0n) is 18.8. The molecule has 3 atom stereocenters. The summed E-state index contributed by atoms with van der Waals surface area (Å²) in [4.78, 5) is 13.3. The van der Waals surface area contributed by atoms with Crippen molar-refractivity contribution in [3.05, 3.63) is 41.7 Å². The summed E-state index contributed by atoms with van der Waals surface area (Å²) >= 11 is 0. The maximum absolute atomic E-state index is 13.3. The molecular weight excluding hydrogens is 407 g/mol. The molecular formula is C26H35FN2O3. The molecule has 2 heterocycles. The van der Waals surface area contributed by atoms with Crippen LogP contribution in [0, 0.1) is 5.41 Å². The van der Waals surface area contributed by atoms with Gasteiger partial charge in [0.15, 0.2) is 0 Å². The van der Waals surface area contributed by atoms with Gasteiger partial charge in [0, 0.05) is 23.6 Å². The minimum Gasteiger partial charge on any atom is -0.489 e. The Balaban J connectivity index is 1.18. The molecule has 0 radical (unpaired) electrons. The second-order valence-electron chi connectivity index (χ2n) is 10.4. The Hall–Kier alpha value is -1.92. The lowest BCUT2D eigenvalue weighted by Crippen LogP contribution is -2.54. The van der Waals surface area contributed by atoms with E-state index < -0.39 is 0 Å². The number of hydrogen-bond acceptors (Lipinski definition) is 4. The Bertz CT molecular complexity index is 832. The summed E-state index contributed by atoms with van der Waals surface area (Å²) in [6.07, 6.45) is 11.5. The van der Waals surface area contributed by atoms with Crippen LogP contribution >= 0.6 is 0 Å². The van der Waals surface area contributed by atoms with Crippen molar-refractivity contribution in [2.75, 3.05) is 13.2 Å². The number of ether oxygens (including phenoxy) is 2. The van der Waals surface area contributed by atoms with E-state index in [-0.39, 0.29) is 35.9 Å². The molecule has 1 aromatic rings. The second-order valence-corrected chi connectivity index (χ2v) is 10.4. The number of carbonyl (C=O) groups excluding carboxylic acids is 1. The van der Waals surface area contributed by atoms with Gasteiger partial charge < -0.3 is 20.5 Å². The van der Waals surface area contributed by atoms with Gasteiger partial charge in [-0.25, -0.2) is 4.39 Å². The minimum absolute atomic E-state index is 0.155. The number of carbonyl (C=O) groups is 1. The highest BCUT2D eigenvalue weighted by molar-refractivity contribution is 5.83. The number of halogens is 1. The molecule has 1 amide bonds. The molecule has 2 saturated heterocycles. The lowest BCUT2D eigenvalue weighted by Gasteiger charge is -2.53. The molecule has 5 nitrogen and oxygen atoms in total. The molecule has 5 fully saturated rings. The van der Waals surface area contributed by atoms with E-state index in [1.165, 1.54) is 5.56 Å². The van der Waals surface area contributed by atoms with Crippen molar-refractivity contribution in [1.82, 2.24) is 5.32 Å². The molecule has 0 spiro atoms. The first-order chi connectivity index (χ1) is 15.5. The zero-order chi connectivity index (χ0) is 22.2. The Kier molecular flexibility index (Phi) is 6.01. The van der Waals surface area contributed by atoms with E-state index in [9.17, 15) is 9.18 Å². The Morgan fingerprint density at radius 1 is 1.09 bits per heavy atom. The molecule has 1 aromatic carbocycles. The van der Waals surface area contributed by atoms with Crippen molar-refractivity contribution in [1.29, 1.82) is 0 Å². The summed E-state index contributed by atoms with van der Waals surface area (Å²) in [6.45, 7) is 0.326. The third kappa shape index (κ3) is 4.08. The van der Waals surface area contributed by atoms with Gasteiger partial charge in [-0.15, -0.1) is 0 Å². The number of nitrogens with two attached hydrogens (primary N) is 1. The third-order valence-corrected chi connectivity index (χ3v) is 8.66. The lowest BCUT2D eigenvalue weighted by molar-refractivity contribution is -0.139. The Morgan fingerprint density at radius 3 is 2.28 bits per heavy atom. The number of hydrogen-bond donors (Lipinski definition) is 2. The molecule has 4 bridgehead atoms. The smallest absolute Gasteiger partial charge is 0.226 e. The van der Waals surface area contributed by atoms with Crippen molar-refractivity contribution in [3.8, 4) is 5.75 Å². The van der Waals surface area contributed by atoms with E-state index in [0.29, 0.717) is 24.1 Å². The highest BCUT2D eigenvalue weighted by Crippen LogP contribution is 2.58. The Morgan fingerprint density at radius 2 is 1.72 bits per heavy atom. The fourth-order valence-corrected chi connectivity index (χ4v) is 6.49. The monoisotopic (exact) mass is 442 g/mol. The van der Waals surface area contributed by atoms with Gasteiger partial charge in [-0.1, -0.05) is 12.1 Å². The van der Waals surface area contributed by atoms with Crippen LogP contribution in [0.25, 0.3) is 0 Å². The van der Waals surface area contributed by atoms with Crippen LogP contribution in [0.1, 0.15) is 69.8 Å². The topological polar surface area (TPSA) is 73.6 Å². The van der Waals surface area contributed by atoms with E-state index in [0.717, 1.165) is 70.0 Å². The molecule has 6 rings (SSSR count). The van der Waals surface area contributed by atoms with Crippen molar-refractivity contribution >= 4 is 5.91 Å². The maximum atomic E-state index is 13.3. The summed E-state index contributed by atoms with van der Waals surface area (Å²) in [5, 5.41) is 3.42. The van der Waals surface area contributed by atoms with Gasteiger partial charge in [-0.3, -0.25) is 4.79 Å². The summed E-state index contributed by atoms with van der Waals surface area (Å²) in [5.41, 5.74) is 7.24. The van der Waals surface area contributed by atoms with E-state index >= 15 is 0 Å². The summed E-state index contributed by atoms with van der Waals surface area (Å²) in [6, 6.07) is 8.52. The lowest BCUT2D eigenvalue weighted by atomic mass is 9.51. The summed E-state index contributed by atoms with van der Waals surface area (Å²) in [7, 11) is 0. The maximum Gasteiger partial charge on any atom is 0.226 e. The van der Waals surface area contributed by atoms with E-state index in [4.69, 9.17) is 15.2 Å². The molecule has 1 unspecified atom stereocenters. The minimum atomic E-state index is -0.181. The van der Waals surface area contributed by atoms with E-state index in [1.54, 1.807) is 0 Å². The second kappa shape index (κ2) is 8.79. The van der Waals surface area contributed by atoms with Crippen LogP contribution in [0.2, 0.25) is 0 Å². The molecule has 32 heavy (non-hydrogen) atoms. The largest absolute Gasteiger partial charge is 0.489 e. The van der Waals surface area contributed by atoms with Crippen molar-refractivity contribution in [2.45, 2.75) is 87.9 Å². The molecule has 0 aromatic heterocycles. The number of amides is 1. The SMILES string of the molecule is NC/C(=C\F)COc1ccc(C23CCC(C(=O)N[C@H]4CC5CC[C@H](C4)O5)(CC2)CC3)cc1. The average molecular weight is 443 g/mol. The number of fused-ring (bicyclic) bond motifs is 5. The standard InChI is InChI=1S/C26H35FN2O3/c27-15-18(16-28)17-31-21-3-1-19(2-4-21)25-7-10-26(11-8-25,12-9-25)24(30)29-20-13-22-5-6-23(14-20)32-22/h1-4,15,20,22-23H,5-14,16-17,28H2,(H,29,30)/b18-15+/t20-,22-,23?,25?,26?/m1/s1.